The van der Waals surface area contributed by atoms with E-state index in [1.807, 2.05) is 96.3 Å². The Morgan fingerprint density at radius 2 is 0.535 bits per heavy atom. The summed E-state index contributed by atoms with van der Waals surface area (Å²) >= 11 is 5.45. The highest BCUT2D eigenvalue weighted by Gasteiger charge is 2.26. The molecule has 8 heterocycles. The molecular weight excluding hydrogens is 1450 g/mol. The zero-order valence-electron chi connectivity index (χ0n) is 60.9. The van der Waals surface area contributed by atoms with Crippen LogP contribution in [0.5, 0.6) is 0 Å². The van der Waals surface area contributed by atoms with Gasteiger partial charge in [-0.3, -0.25) is 0 Å². The van der Waals surface area contributed by atoms with Crippen LogP contribution in [0.2, 0.25) is 0 Å². The summed E-state index contributed by atoms with van der Waals surface area (Å²) in [4.78, 5) is 31.0. The fraction of sp³-hybridized carbons (Fsp3) is 0. The smallest absolute Gasteiger partial charge is 0.165 e. The molecule has 24 rings (SSSR count). The van der Waals surface area contributed by atoms with Crippen LogP contribution in [0, 0.1) is 0 Å². The predicted molar refractivity (Wildman–Crippen MR) is 478 cm³/mol. The van der Waals surface area contributed by atoms with Gasteiger partial charge in [-0.25, -0.2) is 29.9 Å². The molecular formula is C102H60N8OS3. The second-order valence-electron chi connectivity index (χ2n) is 28.7. The van der Waals surface area contributed by atoms with Crippen LogP contribution in [-0.2, 0) is 0 Å². The minimum Gasteiger partial charge on any atom is -0.455 e. The van der Waals surface area contributed by atoms with Crippen LogP contribution in [0.1, 0.15) is 0 Å². The van der Waals surface area contributed by atoms with Gasteiger partial charge in [0, 0.05) is 143 Å². The molecule has 0 saturated carbocycles. The summed E-state index contributed by atoms with van der Waals surface area (Å²) < 4.78 is 18.7. The molecule has 0 bridgehead atoms. The third-order valence-corrected chi connectivity index (χ3v) is 25.8. The lowest BCUT2D eigenvalue weighted by Crippen LogP contribution is -2.01. The van der Waals surface area contributed by atoms with Crippen molar-refractivity contribution in [3.63, 3.8) is 0 Å². The van der Waals surface area contributed by atoms with E-state index in [0.717, 1.165) is 109 Å². The highest BCUT2D eigenvalue weighted by Crippen LogP contribution is 2.48. The van der Waals surface area contributed by atoms with E-state index < -0.39 is 0 Å². The zero-order valence-corrected chi connectivity index (χ0v) is 63.3. The van der Waals surface area contributed by atoms with Gasteiger partial charge in [0.15, 0.2) is 34.9 Å². The van der Waals surface area contributed by atoms with E-state index in [1.54, 1.807) is 22.7 Å². The number of rotatable bonds is 10. The van der Waals surface area contributed by atoms with Crippen LogP contribution < -0.4 is 0 Å². The van der Waals surface area contributed by atoms with Crippen molar-refractivity contribution in [1.29, 1.82) is 0 Å². The lowest BCUT2D eigenvalue weighted by molar-refractivity contribution is 0.670. The summed E-state index contributed by atoms with van der Waals surface area (Å²) in [6.07, 6.45) is 0. The number of aromatic nitrogens is 8. The van der Waals surface area contributed by atoms with E-state index in [2.05, 4.69) is 288 Å². The highest BCUT2D eigenvalue weighted by molar-refractivity contribution is 7.27. The molecule has 0 amide bonds. The highest BCUT2D eigenvalue weighted by atomic mass is 32.1. The molecule has 24 aromatic rings. The van der Waals surface area contributed by atoms with Crippen LogP contribution in [0.15, 0.2) is 368 Å². The van der Waals surface area contributed by atoms with Gasteiger partial charge < -0.3 is 13.6 Å². The molecule has 0 atom stereocenters. The van der Waals surface area contributed by atoms with Crippen molar-refractivity contribution in [3.05, 3.63) is 364 Å². The third kappa shape index (κ3) is 10.9. The number of furan rings is 1. The SMILES string of the molecule is c1ccc(-c2nc(-c3ccccc3)nc(-c3cc(-n4c5ccccc5c5ccc(-c6cccc7c6oc6ccccc67)cc54)cc4c3sc3ccccc34)n2)cc1.c1ccc(-c2nc(-c3ccccc3)nc(-c3cc(-n4c5ccccc5c5ccc(-c6cccc7c6sc6ccccc67)cc54)cc4c3sc3ccccc34)n2)cc1. The van der Waals surface area contributed by atoms with E-state index in [1.165, 1.54) is 83.8 Å². The monoisotopic (exact) mass is 1510 g/mol. The van der Waals surface area contributed by atoms with Gasteiger partial charge in [0.25, 0.3) is 0 Å². The fourth-order valence-electron chi connectivity index (χ4n) is 16.9. The van der Waals surface area contributed by atoms with Gasteiger partial charge in [0.05, 0.1) is 22.1 Å². The minimum atomic E-state index is 0.638. The molecule has 532 valence electrons. The molecule has 16 aromatic carbocycles. The first-order valence-electron chi connectivity index (χ1n) is 38.0. The van der Waals surface area contributed by atoms with E-state index >= 15 is 0 Å². The number of nitrogens with zero attached hydrogens (tertiary/aromatic N) is 8. The van der Waals surface area contributed by atoms with Crippen molar-refractivity contribution >= 4 is 160 Å². The maximum Gasteiger partial charge on any atom is 0.165 e. The molecule has 0 spiro atoms. The van der Waals surface area contributed by atoms with Crippen molar-refractivity contribution in [2.75, 3.05) is 0 Å². The Morgan fingerprint density at radius 3 is 0.991 bits per heavy atom. The molecule has 0 aliphatic carbocycles. The average molecular weight is 1510 g/mol. The second-order valence-corrected chi connectivity index (χ2v) is 31.9. The summed E-state index contributed by atoms with van der Waals surface area (Å²) in [5.41, 5.74) is 18.8. The van der Waals surface area contributed by atoms with Gasteiger partial charge in [0.2, 0.25) is 0 Å². The Bertz CT molecular complexity index is 7410. The number of hydrogen-bond donors (Lipinski definition) is 0. The van der Waals surface area contributed by atoms with Crippen molar-refractivity contribution in [2.24, 2.45) is 0 Å². The predicted octanol–water partition coefficient (Wildman–Crippen LogP) is 28.3. The van der Waals surface area contributed by atoms with Gasteiger partial charge >= 0.3 is 0 Å². The summed E-state index contributed by atoms with van der Waals surface area (Å²) in [6, 6.07) is 129. The Morgan fingerprint density at radius 1 is 0.202 bits per heavy atom. The van der Waals surface area contributed by atoms with E-state index in [0.29, 0.717) is 34.9 Å². The summed E-state index contributed by atoms with van der Waals surface area (Å²) in [5.74, 6) is 3.87. The molecule has 0 aliphatic rings. The topological polar surface area (TPSA) is 100 Å². The van der Waals surface area contributed by atoms with Crippen LogP contribution in [0.25, 0.3) is 228 Å². The fourth-order valence-corrected chi connectivity index (χ4v) is 20.5. The van der Waals surface area contributed by atoms with Gasteiger partial charge in [-0.05, 0) is 89.5 Å². The first-order chi connectivity index (χ1) is 56.5. The third-order valence-electron chi connectivity index (χ3n) is 22.1. The quantitative estimate of drug-likeness (QED) is 0.134. The first-order valence-corrected chi connectivity index (χ1v) is 40.5. The Balaban J connectivity index is 0.000000135. The van der Waals surface area contributed by atoms with Crippen molar-refractivity contribution in [2.45, 2.75) is 0 Å². The Kier molecular flexibility index (Phi) is 15.3. The van der Waals surface area contributed by atoms with Crippen molar-refractivity contribution in [1.82, 2.24) is 39.0 Å². The maximum atomic E-state index is 6.53. The van der Waals surface area contributed by atoms with Gasteiger partial charge in [-0.1, -0.05) is 291 Å². The first kappa shape index (κ1) is 65.5. The van der Waals surface area contributed by atoms with Crippen molar-refractivity contribution in [3.8, 4) is 102 Å². The number of fused-ring (bicyclic) bond motifs is 18. The largest absolute Gasteiger partial charge is 0.455 e. The Hall–Kier alpha value is -14.4. The summed E-state index contributed by atoms with van der Waals surface area (Å²) in [6.45, 7) is 0. The second kappa shape index (κ2) is 26.7. The molecule has 12 heteroatoms. The number of hydrogen-bond acceptors (Lipinski definition) is 10. The lowest BCUT2D eigenvalue weighted by atomic mass is 10.0. The van der Waals surface area contributed by atoms with Gasteiger partial charge in [-0.2, -0.15) is 0 Å². The number of benzene rings is 16. The molecule has 114 heavy (non-hydrogen) atoms. The normalized spacial score (nSPS) is 11.9. The lowest BCUT2D eigenvalue weighted by Gasteiger charge is -2.13. The molecule has 0 fully saturated rings. The van der Waals surface area contributed by atoms with E-state index in [4.69, 9.17) is 34.3 Å². The van der Waals surface area contributed by atoms with Crippen LogP contribution in [0.4, 0.5) is 0 Å². The summed E-state index contributed by atoms with van der Waals surface area (Å²) in [7, 11) is 0. The standard InChI is InChI=1S/C51H30N4OS.C51H30N4S2/c2*1-3-14-31(15-4-1)49-52-50(32-16-5-2-6-17-32)54-51(53-49)42-30-34(29-41-39-20-9-12-25-46(39)57-48(41)42)55-43-23-10-7-18-36(43)37-27-26-33(28-44(37)55)35-21-13-22-40-38-19-8-11-24-45(38)56-47(35)40/h2*1-30H. The minimum absolute atomic E-state index is 0.638. The van der Waals surface area contributed by atoms with Crippen molar-refractivity contribution < 1.29 is 4.42 Å². The van der Waals surface area contributed by atoms with E-state index in [-0.39, 0.29) is 0 Å². The van der Waals surface area contributed by atoms with Crippen LogP contribution in [0.3, 0.4) is 0 Å². The molecule has 0 unspecified atom stereocenters. The summed E-state index contributed by atoms with van der Waals surface area (Å²) in [5, 5.41) is 14.4. The molecule has 0 N–H and O–H groups in total. The molecule has 8 aromatic heterocycles. The molecule has 0 radical (unpaired) electrons. The van der Waals surface area contributed by atoms with Crippen LogP contribution >= 0.6 is 34.0 Å². The molecule has 0 saturated heterocycles. The van der Waals surface area contributed by atoms with E-state index in [9.17, 15) is 0 Å². The van der Waals surface area contributed by atoms with Gasteiger partial charge in [-0.15, -0.1) is 34.0 Å². The Labute approximate surface area is 664 Å². The zero-order chi connectivity index (χ0) is 74.9. The number of thiophene rings is 3. The maximum absolute atomic E-state index is 6.53. The van der Waals surface area contributed by atoms with Crippen LogP contribution in [-0.4, -0.2) is 39.0 Å². The average Bonchev–Trinajstić information content (AvgIpc) is 1.58. The number of para-hydroxylation sites is 4. The molecule has 0 aliphatic heterocycles. The van der Waals surface area contributed by atoms with Gasteiger partial charge in [0.1, 0.15) is 11.2 Å². The molecule has 9 nitrogen and oxygen atoms in total.